The molecule has 1 saturated heterocycles. The van der Waals surface area contributed by atoms with Crippen molar-refractivity contribution in [2.45, 2.75) is 65.3 Å². The number of hydrogen-bond acceptors (Lipinski definition) is 2. The molecule has 0 saturated carbocycles. The summed E-state index contributed by atoms with van der Waals surface area (Å²) in [7, 11) is 0. The van der Waals surface area contributed by atoms with Gasteiger partial charge in [0.1, 0.15) is 12.4 Å². The third-order valence-electron chi connectivity index (χ3n) is 4.89. The van der Waals surface area contributed by atoms with E-state index in [9.17, 15) is 0 Å². The highest BCUT2D eigenvalue weighted by Gasteiger charge is 2.19. The number of rotatable bonds is 4. The van der Waals surface area contributed by atoms with Crippen molar-refractivity contribution in [2.75, 3.05) is 19.7 Å². The monoisotopic (exact) mass is 303 g/mol. The molecule has 1 heterocycles. The zero-order valence-electron chi connectivity index (χ0n) is 15.1. The number of ether oxygens (including phenoxy) is 1. The first-order valence-electron chi connectivity index (χ1n) is 8.83. The van der Waals surface area contributed by atoms with Gasteiger partial charge in [-0.3, -0.25) is 4.90 Å². The van der Waals surface area contributed by atoms with Gasteiger partial charge in [0, 0.05) is 6.04 Å². The molecule has 1 aliphatic rings. The Hall–Kier alpha value is -1.02. The molecule has 2 unspecified atom stereocenters. The van der Waals surface area contributed by atoms with E-state index in [0.29, 0.717) is 6.04 Å². The second-order valence-corrected chi connectivity index (χ2v) is 8.01. The predicted octanol–water partition coefficient (Wildman–Crippen LogP) is 4.87. The van der Waals surface area contributed by atoms with Gasteiger partial charge in [-0.2, -0.15) is 0 Å². The Morgan fingerprint density at radius 3 is 2.45 bits per heavy atom. The molecule has 0 aliphatic carbocycles. The van der Waals surface area contributed by atoms with Gasteiger partial charge in [0.05, 0.1) is 0 Å². The summed E-state index contributed by atoms with van der Waals surface area (Å²) in [4.78, 5) is 2.59. The fourth-order valence-corrected chi connectivity index (χ4v) is 3.10. The molecule has 2 rings (SSSR count). The second-order valence-electron chi connectivity index (χ2n) is 8.01. The highest BCUT2D eigenvalue weighted by Crippen LogP contribution is 2.24. The van der Waals surface area contributed by atoms with Crippen LogP contribution in [0.1, 0.15) is 59.4 Å². The van der Waals surface area contributed by atoms with Crippen LogP contribution in [-0.2, 0) is 5.41 Å². The third-order valence-corrected chi connectivity index (χ3v) is 4.89. The van der Waals surface area contributed by atoms with Crippen LogP contribution < -0.4 is 4.74 Å². The molecule has 1 aliphatic heterocycles. The van der Waals surface area contributed by atoms with Crippen LogP contribution in [0.25, 0.3) is 0 Å². The minimum atomic E-state index is 0.203. The van der Waals surface area contributed by atoms with Crippen LogP contribution in [0.15, 0.2) is 24.3 Å². The van der Waals surface area contributed by atoms with Gasteiger partial charge in [-0.15, -0.1) is 0 Å². The summed E-state index contributed by atoms with van der Waals surface area (Å²) < 4.78 is 6.01. The number of nitrogens with zero attached hydrogens (tertiary/aromatic N) is 1. The molecule has 2 nitrogen and oxygen atoms in total. The van der Waals surface area contributed by atoms with Crippen molar-refractivity contribution in [3.05, 3.63) is 29.8 Å². The van der Waals surface area contributed by atoms with Gasteiger partial charge in [-0.25, -0.2) is 0 Å². The van der Waals surface area contributed by atoms with E-state index in [1.54, 1.807) is 0 Å². The normalized spacial score (nSPS) is 22.1. The molecule has 22 heavy (non-hydrogen) atoms. The largest absolute Gasteiger partial charge is 0.492 e. The van der Waals surface area contributed by atoms with E-state index in [1.165, 1.54) is 37.9 Å². The Morgan fingerprint density at radius 2 is 1.82 bits per heavy atom. The van der Waals surface area contributed by atoms with Crippen LogP contribution in [-0.4, -0.2) is 30.6 Å². The van der Waals surface area contributed by atoms with Crippen molar-refractivity contribution in [1.82, 2.24) is 4.90 Å². The number of hydrogen-bond donors (Lipinski definition) is 0. The average Bonchev–Trinajstić information content (AvgIpc) is 2.69. The summed E-state index contributed by atoms with van der Waals surface area (Å²) in [6.07, 6.45) is 4.02. The zero-order chi connectivity index (χ0) is 16.2. The SMILES string of the molecule is CC1CCCN(C(C)COc2ccc(C(C)(C)C)cc2)CC1. The molecule has 1 aromatic rings. The Bertz CT molecular complexity index is 446. The Kier molecular flexibility index (Phi) is 5.91. The average molecular weight is 303 g/mol. The molecule has 2 atom stereocenters. The minimum absolute atomic E-state index is 0.203. The third kappa shape index (κ3) is 5.01. The molecule has 2 heteroatoms. The van der Waals surface area contributed by atoms with E-state index in [-0.39, 0.29) is 5.41 Å². The zero-order valence-corrected chi connectivity index (χ0v) is 15.1. The Balaban J connectivity index is 1.84. The van der Waals surface area contributed by atoms with Gasteiger partial charge >= 0.3 is 0 Å². The van der Waals surface area contributed by atoms with Crippen molar-refractivity contribution in [3.8, 4) is 5.75 Å². The van der Waals surface area contributed by atoms with Crippen molar-refractivity contribution in [1.29, 1.82) is 0 Å². The van der Waals surface area contributed by atoms with Gasteiger partial charge in [0.15, 0.2) is 0 Å². The molecule has 0 bridgehead atoms. The molecular formula is C20H33NO. The lowest BCUT2D eigenvalue weighted by Crippen LogP contribution is -2.38. The van der Waals surface area contributed by atoms with Crippen molar-refractivity contribution >= 4 is 0 Å². The summed E-state index contributed by atoms with van der Waals surface area (Å²) in [5, 5.41) is 0. The molecule has 0 amide bonds. The van der Waals surface area contributed by atoms with E-state index in [0.717, 1.165) is 18.3 Å². The first-order valence-corrected chi connectivity index (χ1v) is 8.83. The van der Waals surface area contributed by atoms with E-state index < -0.39 is 0 Å². The highest BCUT2D eigenvalue weighted by molar-refractivity contribution is 5.31. The summed E-state index contributed by atoms with van der Waals surface area (Å²) in [5.41, 5.74) is 1.56. The molecule has 0 aromatic heterocycles. The van der Waals surface area contributed by atoms with Crippen LogP contribution in [0.2, 0.25) is 0 Å². The standard InChI is InChI=1S/C20H33NO/c1-16-7-6-13-21(14-12-16)17(2)15-22-19-10-8-18(9-11-19)20(3,4)5/h8-11,16-17H,6-7,12-15H2,1-5H3. The second kappa shape index (κ2) is 7.50. The first-order chi connectivity index (χ1) is 10.4. The van der Waals surface area contributed by atoms with E-state index in [2.05, 4.69) is 63.8 Å². The van der Waals surface area contributed by atoms with Crippen LogP contribution in [0, 0.1) is 5.92 Å². The molecular weight excluding hydrogens is 270 g/mol. The maximum absolute atomic E-state index is 6.01. The number of likely N-dealkylation sites (tertiary alicyclic amines) is 1. The van der Waals surface area contributed by atoms with Crippen LogP contribution in [0.3, 0.4) is 0 Å². The fourth-order valence-electron chi connectivity index (χ4n) is 3.10. The van der Waals surface area contributed by atoms with E-state index in [4.69, 9.17) is 4.74 Å². The maximum Gasteiger partial charge on any atom is 0.119 e. The van der Waals surface area contributed by atoms with E-state index in [1.807, 2.05) is 0 Å². The van der Waals surface area contributed by atoms with Crippen LogP contribution >= 0.6 is 0 Å². The van der Waals surface area contributed by atoms with E-state index >= 15 is 0 Å². The van der Waals surface area contributed by atoms with Gasteiger partial charge in [-0.05, 0) is 68.3 Å². The van der Waals surface area contributed by atoms with Crippen LogP contribution in [0.5, 0.6) is 5.75 Å². The quantitative estimate of drug-likeness (QED) is 0.786. The molecule has 1 aromatic carbocycles. The van der Waals surface area contributed by atoms with Gasteiger partial charge in [-0.1, -0.05) is 39.8 Å². The number of benzene rings is 1. The highest BCUT2D eigenvalue weighted by atomic mass is 16.5. The molecule has 0 N–H and O–H groups in total. The summed E-state index contributed by atoms with van der Waals surface area (Å²) in [6, 6.07) is 9.09. The molecule has 124 valence electrons. The van der Waals surface area contributed by atoms with Gasteiger partial charge in [0.2, 0.25) is 0 Å². The lowest BCUT2D eigenvalue weighted by Gasteiger charge is -2.27. The predicted molar refractivity (Wildman–Crippen MR) is 94.7 cm³/mol. The van der Waals surface area contributed by atoms with Crippen molar-refractivity contribution in [2.24, 2.45) is 5.92 Å². The molecule has 0 spiro atoms. The summed E-state index contributed by atoms with van der Waals surface area (Å²) in [6.45, 7) is 14.6. The lowest BCUT2D eigenvalue weighted by molar-refractivity contribution is 0.149. The topological polar surface area (TPSA) is 12.5 Å². The van der Waals surface area contributed by atoms with Crippen LogP contribution in [0.4, 0.5) is 0 Å². The van der Waals surface area contributed by atoms with Gasteiger partial charge in [0.25, 0.3) is 0 Å². The summed E-state index contributed by atoms with van der Waals surface area (Å²) >= 11 is 0. The van der Waals surface area contributed by atoms with Crippen molar-refractivity contribution in [3.63, 3.8) is 0 Å². The fraction of sp³-hybridized carbons (Fsp3) is 0.700. The smallest absolute Gasteiger partial charge is 0.119 e. The Labute approximate surface area is 136 Å². The molecule has 1 fully saturated rings. The van der Waals surface area contributed by atoms with Gasteiger partial charge < -0.3 is 4.74 Å². The summed E-state index contributed by atoms with van der Waals surface area (Å²) in [5.74, 6) is 1.87. The first kappa shape index (κ1) is 17.3. The Morgan fingerprint density at radius 1 is 1.14 bits per heavy atom. The molecule has 0 radical (unpaired) electrons. The lowest BCUT2D eigenvalue weighted by atomic mass is 9.87. The van der Waals surface area contributed by atoms with Crippen molar-refractivity contribution < 1.29 is 4.74 Å². The maximum atomic E-state index is 6.01. The minimum Gasteiger partial charge on any atom is -0.492 e.